The third-order valence-electron chi connectivity index (χ3n) is 11.8. The zero-order chi connectivity index (χ0) is 39.8. The van der Waals surface area contributed by atoms with E-state index in [1.165, 1.54) is 82.8 Å². The zero-order valence-corrected chi connectivity index (χ0v) is 33.0. The lowest BCUT2D eigenvalue weighted by atomic mass is 9.98. The van der Waals surface area contributed by atoms with Crippen molar-refractivity contribution in [1.29, 1.82) is 0 Å². The molecule has 0 radical (unpaired) electrons. The highest BCUT2D eigenvalue weighted by molar-refractivity contribution is 6.10. The van der Waals surface area contributed by atoms with Crippen molar-refractivity contribution in [2.45, 2.75) is 0 Å². The van der Waals surface area contributed by atoms with E-state index in [0.29, 0.717) is 0 Å². The van der Waals surface area contributed by atoms with E-state index in [1.807, 2.05) is 0 Å². The second-order valence-corrected chi connectivity index (χ2v) is 15.4. The van der Waals surface area contributed by atoms with E-state index >= 15 is 0 Å². The van der Waals surface area contributed by atoms with E-state index in [0.717, 1.165) is 17.1 Å². The van der Waals surface area contributed by atoms with Gasteiger partial charge in [-0.1, -0.05) is 170 Å². The van der Waals surface area contributed by atoms with Gasteiger partial charge in [-0.2, -0.15) is 0 Å². The number of hydrogen-bond acceptors (Lipinski definition) is 1. The monoisotopic (exact) mass is 764 g/mol. The van der Waals surface area contributed by atoms with Crippen molar-refractivity contribution in [2.75, 3.05) is 4.90 Å². The number of aromatic nitrogens is 1. The van der Waals surface area contributed by atoms with Gasteiger partial charge in [0.15, 0.2) is 0 Å². The lowest BCUT2D eigenvalue weighted by Crippen LogP contribution is -2.09. The van der Waals surface area contributed by atoms with E-state index in [2.05, 4.69) is 252 Å². The van der Waals surface area contributed by atoms with E-state index in [4.69, 9.17) is 0 Å². The fourth-order valence-electron chi connectivity index (χ4n) is 8.73. The minimum atomic E-state index is 1.10. The molecule has 1 heterocycles. The normalized spacial score (nSPS) is 11.3. The van der Waals surface area contributed by atoms with Crippen LogP contribution in [0, 0.1) is 0 Å². The summed E-state index contributed by atoms with van der Waals surface area (Å²) in [6, 6.07) is 87.8. The van der Waals surface area contributed by atoms with E-state index < -0.39 is 0 Å². The van der Waals surface area contributed by atoms with Crippen molar-refractivity contribution in [1.82, 2.24) is 4.57 Å². The molecule has 1 aromatic heterocycles. The Bertz CT molecular complexity index is 3260. The van der Waals surface area contributed by atoms with Crippen LogP contribution in [-0.2, 0) is 0 Å². The smallest absolute Gasteiger partial charge is 0.0541 e. The van der Waals surface area contributed by atoms with Crippen molar-refractivity contribution in [2.24, 2.45) is 0 Å². The standard InChI is InChI=1S/C58H40N2/c1-4-12-41(13-5-1)43-20-22-44(23-21-43)46-28-34-53(35-29-46)59(52-32-26-45(27-33-52)42-14-6-2-7-15-42)54-36-30-48-38-47(24-25-49(48)39-54)50-31-37-58-56(40-50)55-18-10-11-19-57(55)60(58)51-16-8-3-9-17-51/h1-40H. The first-order valence-electron chi connectivity index (χ1n) is 20.6. The lowest BCUT2D eigenvalue weighted by molar-refractivity contribution is 1.18. The predicted octanol–water partition coefficient (Wildman–Crippen LogP) is 16.1. The van der Waals surface area contributed by atoms with Gasteiger partial charge in [-0.3, -0.25) is 0 Å². The molecule has 282 valence electrons. The van der Waals surface area contributed by atoms with Gasteiger partial charge in [-0.05, 0) is 128 Å². The van der Waals surface area contributed by atoms with Crippen LogP contribution in [0.5, 0.6) is 0 Å². The molecule has 0 spiro atoms. The summed E-state index contributed by atoms with van der Waals surface area (Å²) >= 11 is 0. The first-order chi connectivity index (χ1) is 29.7. The fraction of sp³-hybridized carbons (Fsp3) is 0. The van der Waals surface area contributed by atoms with E-state index in [1.54, 1.807) is 0 Å². The Balaban J connectivity index is 0.950. The molecule has 10 aromatic carbocycles. The number of rotatable bonds is 8. The van der Waals surface area contributed by atoms with E-state index in [-0.39, 0.29) is 0 Å². The molecule has 0 aliphatic carbocycles. The van der Waals surface area contributed by atoms with E-state index in [9.17, 15) is 0 Å². The van der Waals surface area contributed by atoms with Crippen LogP contribution in [-0.4, -0.2) is 4.57 Å². The Morgan fingerprint density at radius 1 is 0.250 bits per heavy atom. The second kappa shape index (κ2) is 15.1. The van der Waals surface area contributed by atoms with Crippen molar-refractivity contribution in [3.05, 3.63) is 243 Å². The summed E-state index contributed by atoms with van der Waals surface area (Å²) in [6.07, 6.45) is 0. The maximum atomic E-state index is 2.37. The minimum Gasteiger partial charge on any atom is -0.310 e. The molecule has 0 saturated heterocycles. The molecule has 0 saturated carbocycles. The van der Waals surface area contributed by atoms with Crippen LogP contribution in [0.25, 0.3) is 82.8 Å². The minimum absolute atomic E-state index is 1.10. The number of fused-ring (bicyclic) bond motifs is 4. The van der Waals surface area contributed by atoms with Crippen LogP contribution in [0.1, 0.15) is 0 Å². The maximum absolute atomic E-state index is 2.37. The summed E-state index contributed by atoms with van der Waals surface area (Å²) < 4.78 is 2.37. The second-order valence-electron chi connectivity index (χ2n) is 15.4. The molecule has 11 aromatic rings. The number of nitrogens with zero attached hydrogens (tertiary/aromatic N) is 2. The summed E-state index contributed by atoms with van der Waals surface area (Å²) in [5.41, 5.74) is 16.6. The topological polar surface area (TPSA) is 8.17 Å². The molecule has 0 N–H and O–H groups in total. The third-order valence-corrected chi connectivity index (χ3v) is 11.8. The van der Waals surface area contributed by atoms with Crippen LogP contribution >= 0.6 is 0 Å². The first-order valence-corrected chi connectivity index (χ1v) is 20.6. The summed E-state index contributed by atoms with van der Waals surface area (Å²) in [7, 11) is 0. The molecule has 0 fully saturated rings. The van der Waals surface area contributed by atoms with Gasteiger partial charge < -0.3 is 9.47 Å². The molecule has 0 aliphatic heterocycles. The maximum Gasteiger partial charge on any atom is 0.0541 e. The van der Waals surface area contributed by atoms with Crippen molar-refractivity contribution in [3.8, 4) is 50.2 Å². The molecule has 0 aliphatic rings. The van der Waals surface area contributed by atoms with Gasteiger partial charge in [-0.15, -0.1) is 0 Å². The Morgan fingerprint density at radius 2 is 0.650 bits per heavy atom. The van der Waals surface area contributed by atoms with Crippen LogP contribution in [0.15, 0.2) is 243 Å². The van der Waals surface area contributed by atoms with Gasteiger partial charge >= 0.3 is 0 Å². The fourth-order valence-corrected chi connectivity index (χ4v) is 8.73. The molecule has 2 heteroatoms. The number of benzene rings is 10. The predicted molar refractivity (Wildman–Crippen MR) is 255 cm³/mol. The van der Waals surface area contributed by atoms with Crippen LogP contribution < -0.4 is 4.90 Å². The Morgan fingerprint density at radius 3 is 1.25 bits per heavy atom. The van der Waals surface area contributed by atoms with Gasteiger partial charge in [0.05, 0.1) is 11.0 Å². The van der Waals surface area contributed by atoms with Crippen LogP contribution in [0.3, 0.4) is 0 Å². The molecule has 0 unspecified atom stereocenters. The molecule has 2 nitrogen and oxygen atoms in total. The van der Waals surface area contributed by atoms with Crippen LogP contribution in [0.2, 0.25) is 0 Å². The summed E-state index contributed by atoms with van der Waals surface area (Å²) in [5.74, 6) is 0. The quantitative estimate of drug-likeness (QED) is 0.150. The average molecular weight is 765 g/mol. The Hall–Kier alpha value is -7.94. The summed E-state index contributed by atoms with van der Waals surface area (Å²) in [5, 5.41) is 4.91. The summed E-state index contributed by atoms with van der Waals surface area (Å²) in [4.78, 5) is 2.36. The molecule has 60 heavy (non-hydrogen) atoms. The van der Waals surface area contributed by atoms with Gasteiger partial charge in [-0.25, -0.2) is 0 Å². The zero-order valence-electron chi connectivity index (χ0n) is 33.0. The Labute approximate surface area is 350 Å². The van der Waals surface area contributed by atoms with Gasteiger partial charge in [0, 0.05) is 33.5 Å². The molecule has 0 atom stereocenters. The highest BCUT2D eigenvalue weighted by atomic mass is 15.1. The van der Waals surface area contributed by atoms with Gasteiger partial charge in [0.1, 0.15) is 0 Å². The molecule has 0 bridgehead atoms. The largest absolute Gasteiger partial charge is 0.310 e. The highest BCUT2D eigenvalue weighted by Gasteiger charge is 2.16. The molecular formula is C58H40N2. The molecule has 11 rings (SSSR count). The van der Waals surface area contributed by atoms with Crippen molar-refractivity contribution in [3.63, 3.8) is 0 Å². The Kier molecular flexibility index (Phi) is 8.87. The number of hydrogen-bond donors (Lipinski definition) is 0. The van der Waals surface area contributed by atoms with Crippen molar-refractivity contribution < 1.29 is 0 Å². The van der Waals surface area contributed by atoms with Gasteiger partial charge in [0.25, 0.3) is 0 Å². The average Bonchev–Trinajstić information content (AvgIpc) is 3.66. The number of para-hydroxylation sites is 2. The molecular weight excluding hydrogens is 725 g/mol. The van der Waals surface area contributed by atoms with Crippen molar-refractivity contribution >= 4 is 49.6 Å². The first kappa shape index (κ1) is 35.2. The summed E-state index contributed by atoms with van der Waals surface area (Å²) in [6.45, 7) is 0. The lowest BCUT2D eigenvalue weighted by Gasteiger charge is -2.26. The molecule has 0 amide bonds. The SMILES string of the molecule is c1ccc(-c2ccc(-c3ccc(N(c4ccc(-c5ccccc5)cc4)c4ccc5cc(-c6ccc7c(c6)c6ccccc6n7-c6ccccc6)ccc5c4)cc3)cc2)cc1. The highest BCUT2D eigenvalue weighted by Crippen LogP contribution is 2.40. The van der Waals surface area contributed by atoms with Gasteiger partial charge in [0.2, 0.25) is 0 Å². The number of anilines is 3. The van der Waals surface area contributed by atoms with Crippen LogP contribution in [0.4, 0.5) is 17.1 Å². The third kappa shape index (κ3) is 6.51.